The lowest BCUT2D eigenvalue weighted by Gasteiger charge is -2.37. The monoisotopic (exact) mass is 235 g/mol. The van der Waals surface area contributed by atoms with Crippen molar-refractivity contribution in [2.24, 2.45) is 17.8 Å². The molecular weight excluding hydrogens is 210 g/mol. The van der Waals surface area contributed by atoms with Crippen LogP contribution in [0.2, 0.25) is 0 Å². The van der Waals surface area contributed by atoms with Gasteiger partial charge in [-0.1, -0.05) is 27.2 Å². The van der Waals surface area contributed by atoms with Crippen LogP contribution in [0.15, 0.2) is 12.4 Å². The van der Waals surface area contributed by atoms with Crippen LogP contribution in [0.5, 0.6) is 0 Å². The van der Waals surface area contributed by atoms with Gasteiger partial charge in [-0.2, -0.15) is 0 Å². The van der Waals surface area contributed by atoms with Gasteiger partial charge < -0.3 is 10.3 Å². The van der Waals surface area contributed by atoms with Crippen molar-refractivity contribution in [1.82, 2.24) is 15.3 Å². The SMILES string of the molecule is CC1CCC(C(C)C)C(NCc2ncc[nH]2)C1. The predicted octanol–water partition coefficient (Wildman–Crippen LogP) is 2.96. The average molecular weight is 235 g/mol. The van der Waals surface area contributed by atoms with E-state index in [0.717, 1.165) is 30.1 Å². The van der Waals surface area contributed by atoms with Crippen molar-refractivity contribution in [3.05, 3.63) is 18.2 Å². The molecular formula is C14H25N3. The zero-order chi connectivity index (χ0) is 12.3. The van der Waals surface area contributed by atoms with E-state index >= 15 is 0 Å². The van der Waals surface area contributed by atoms with Crippen molar-refractivity contribution in [2.45, 2.75) is 52.6 Å². The first kappa shape index (κ1) is 12.6. The van der Waals surface area contributed by atoms with Gasteiger partial charge in [0.2, 0.25) is 0 Å². The number of hydrogen-bond donors (Lipinski definition) is 2. The van der Waals surface area contributed by atoms with Gasteiger partial charge in [0.25, 0.3) is 0 Å². The molecule has 2 N–H and O–H groups in total. The third kappa shape index (κ3) is 3.32. The molecule has 0 amide bonds. The molecule has 96 valence electrons. The molecule has 1 aliphatic rings. The third-order valence-corrected chi connectivity index (χ3v) is 4.11. The summed E-state index contributed by atoms with van der Waals surface area (Å²) in [5.74, 6) is 3.50. The molecule has 0 aliphatic heterocycles. The largest absolute Gasteiger partial charge is 0.348 e. The highest BCUT2D eigenvalue weighted by molar-refractivity contribution is 4.90. The Kier molecular flexibility index (Phi) is 4.21. The molecule has 0 radical (unpaired) electrons. The Morgan fingerprint density at radius 1 is 1.47 bits per heavy atom. The van der Waals surface area contributed by atoms with Gasteiger partial charge in [0, 0.05) is 18.4 Å². The average Bonchev–Trinajstić information content (AvgIpc) is 2.78. The van der Waals surface area contributed by atoms with E-state index in [0.29, 0.717) is 6.04 Å². The van der Waals surface area contributed by atoms with E-state index in [1.54, 1.807) is 0 Å². The summed E-state index contributed by atoms with van der Waals surface area (Å²) in [6.07, 6.45) is 7.78. The van der Waals surface area contributed by atoms with E-state index < -0.39 is 0 Å². The van der Waals surface area contributed by atoms with Crippen molar-refractivity contribution in [1.29, 1.82) is 0 Å². The van der Waals surface area contributed by atoms with Crippen LogP contribution in [-0.4, -0.2) is 16.0 Å². The molecule has 1 aliphatic carbocycles. The van der Waals surface area contributed by atoms with Gasteiger partial charge >= 0.3 is 0 Å². The highest BCUT2D eigenvalue weighted by Gasteiger charge is 2.30. The molecule has 1 aromatic rings. The van der Waals surface area contributed by atoms with Crippen LogP contribution in [0.1, 0.15) is 45.9 Å². The molecule has 3 atom stereocenters. The van der Waals surface area contributed by atoms with Crippen LogP contribution in [-0.2, 0) is 6.54 Å². The molecule has 0 bridgehead atoms. The summed E-state index contributed by atoms with van der Waals surface area (Å²) in [4.78, 5) is 7.43. The van der Waals surface area contributed by atoms with Crippen LogP contribution >= 0.6 is 0 Å². The normalized spacial score (nSPS) is 29.8. The second-order valence-electron chi connectivity index (χ2n) is 5.85. The van der Waals surface area contributed by atoms with Gasteiger partial charge in [-0.05, 0) is 30.6 Å². The quantitative estimate of drug-likeness (QED) is 0.842. The number of imidazole rings is 1. The number of nitrogens with zero attached hydrogens (tertiary/aromatic N) is 1. The van der Waals surface area contributed by atoms with Gasteiger partial charge in [0.05, 0.1) is 6.54 Å². The number of aromatic nitrogens is 2. The Balaban J connectivity index is 1.90. The summed E-state index contributed by atoms with van der Waals surface area (Å²) >= 11 is 0. The fourth-order valence-electron chi connectivity index (χ4n) is 3.06. The Morgan fingerprint density at radius 3 is 2.94 bits per heavy atom. The van der Waals surface area contributed by atoms with Gasteiger partial charge in [-0.15, -0.1) is 0 Å². The molecule has 17 heavy (non-hydrogen) atoms. The first-order valence-corrected chi connectivity index (χ1v) is 6.88. The Hall–Kier alpha value is -0.830. The lowest BCUT2D eigenvalue weighted by Crippen LogP contribution is -2.42. The number of H-pyrrole nitrogens is 1. The molecule has 1 fully saturated rings. The zero-order valence-electron chi connectivity index (χ0n) is 11.2. The molecule has 0 saturated heterocycles. The fraction of sp³-hybridized carbons (Fsp3) is 0.786. The molecule has 3 unspecified atom stereocenters. The Bertz CT molecular complexity index is 318. The second kappa shape index (κ2) is 5.67. The van der Waals surface area contributed by atoms with E-state index in [9.17, 15) is 0 Å². The van der Waals surface area contributed by atoms with Crippen molar-refractivity contribution in [3.8, 4) is 0 Å². The third-order valence-electron chi connectivity index (χ3n) is 4.11. The maximum atomic E-state index is 4.27. The zero-order valence-corrected chi connectivity index (χ0v) is 11.2. The van der Waals surface area contributed by atoms with Crippen molar-refractivity contribution in [3.63, 3.8) is 0 Å². The number of nitrogens with one attached hydrogen (secondary N) is 2. The van der Waals surface area contributed by atoms with Gasteiger partial charge in [-0.3, -0.25) is 0 Å². The molecule has 1 aromatic heterocycles. The van der Waals surface area contributed by atoms with Crippen LogP contribution in [0.3, 0.4) is 0 Å². The maximum Gasteiger partial charge on any atom is 0.120 e. The molecule has 0 aromatic carbocycles. The van der Waals surface area contributed by atoms with Gasteiger partial charge in [-0.25, -0.2) is 4.98 Å². The van der Waals surface area contributed by atoms with Gasteiger partial charge in [0.15, 0.2) is 0 Å². The summed E-state index contributed by atoms with van der Waals surface area (Å²) in [7, 11) is 0. The molecule has 1 heterocycles. The van der Waals surface area contributed by atoms with E-state index in [1.807, 2.05) is 12.4 Å². The van der Waals surface area contributed by atoms with Crippen molar-refractivity contribution >= 4 is 0 Å². The fourth-order valence-corrected chi connectivity index (χ4v) is 3.06. The van der Waals surface area contributed by atoms with E-state index in [-0.39, 0.29) is 0 Å². The van der Waals surface area contributed by atoms with E-state index in [4.69, 9.17) is 0 Å². The predicted molar refractivity (Wildman–Crippen MR) is 70.6 cm³/mol. The lowest BCUT2D eigenvalue weighted by molar-refractivity contribution is 0.168. The first-order valence-electron chi connectivity index (χ1n) is 6.88. The molecule has 3 heteroatoms. The second-order valence-corrected chi connectivity index (χ2v) is 5.85. The Morgan fingerprint density at radius 2 is 2.29 bits per heavy atom. The summed E-state index contributed by atoms with van der Waals surface area (Å²) in [5, 5.41) is 3.69. The molecule has 1 saturated carbocycles. The summed E-state index contributed by atoms with van der Waals surface area (Å²) in [5.41, 5.74) is 0. The summed E-state index contributed by atoms with van der Waals surface area (Å²) < 4.78 is 0. The van der Waals surface area contributed by atoms with Crippen molar-refractivity contribution in [2.75, 3.05) is 0 Å². The molecule has 2 rings (SSSR count). The topological polar surface area (TPSA) is 40.7 Å². The smallest absolute Gasteiger partial charge is 0.120 e. The minimum Gasteiger partial charge on any atom is -0.348 e. The number of aromatic amines is 1. The Labute approximate surface area is 104 Å². The van der Waals surface area contributed by atoms with Crippen LogP contribution in [0, 0.1) is 17.8 Å². The minimum absolute atomic E-state index is 0.656. The van der Waals surface area contributed by atoms with Crippen LogP contribution < -0.4 is 5.32 Å². The van der Waals surface area contributed by atoms with E-state index in [2.05, 4.69) is 36.1 Å². The summed E-state index contributed by atoms with van der Waals surface area (Å²) in [6.45, 7) is 7.94. The molecule has 3 nitrogen and oxygen atoms in total. The first-order chi connectivity index (χ1) is 8.16. The molecule has 0 spiro atoms. The highest BCUT2D eigenvalue weighted by Crippen LogP contribution is 2.33. The minimum atomic E-state index is 0.656. The lowest BCUT2D eigenvalue weighted by atomic mass is 9.74. The summed E-state index contributed by atoms with van der Waals surface area (Å²) in [6, 6.07) is 0.656. The number of hydrogen-bond acceptors (Lipinski definition) is 2. The van der Waals surface area contributed by atoms with E-state index in [1.165, 1.54) is 19.3 Å². The van der Waals surface area contributed by atoms with Crippen LogP contribution in [0.25, 0.3) is 0 Å². The highest BCUT2D eigenvalue weighted by atomic mass is 15.0. The standard InChI is InChI=1S/C14H25N3/c1-10(2)12-5-4-11(3)8-13(12)17-9-14-15-6-7-16-14/h6-7,10-13,17H,4-5,8-9H2,1-3H3,(H,15,16). The van der Waals surface area contributed by atoms with Crippen molar-refractivity contribution < 1.29 is 0 Å². The van der Waals surface area contributed by atoms with Gasteiger partial charge in [0.1, 0.15) is 5.82 Å². The maximum absolute atomic E-state index is 4.27. The number of rotatable bonds is 4. The van der Waals surface area contributed by atoms with Crippen LogP contribution in [0.4, 0.5) is 0 Å².